The molecule has 2 aliphatic carbocycles. The maximum atomic E-state index is 14.6. The van der Waals surface area contributed by atoms with Crippen molar-refractivity contribution in [2.75, 3.05) is 33.4 Å². The molecule has 3 rings (SSSR count). The lowest BCUT2D eigenvalue weighted by Crippen LogP contribution is -2.68. The molecule has 1 aliphatic heterocycles. The predicted molar refractivity (Wildman–Crippen MR) is 154 cm³/mol. The van der Waals surface area contributed by atoms with Crippen LogP contribution in [0, 0.1) is 34.1 Å². The number of piperidine rings is 1. The van der Waals surface area contributed by atoms with Gasteiger partial charge in [0.25, 0.3) is 0 Å². The number of ether oxygens (including phenoxy) is 1. The van der Waals surface area contributed by atoms with Crippen molar-refractivity contribution in [2.24, 2.45) is 22.7 Å². The third-order valence-electron chi connectivity index (χ3n) is 9.50. The molecule has 1 heterocycles. The number of carbonyl (C=O) groups excluding carboxylic acids is 2. The van der Waals surface area contributed by atoms with Gasteiger partial charge in [-0.15, -0.1) is 5.54 Å². The summed E-state index contributed by atoms with van der Waals surface area (Å²) in [5.41, 5.74) is 1.95. The molecule has 37 heavy (non-hydrogen) atoms. The SMILES string of the molecule is CCN1CC2(COC)CCC[C@]([C@H]3[C@H]([C@H](O)C#C[Si](C)(C)C)C(=O)C[C@@H]3O[Si](C)(C)C(C)(C)C)(C1)C2=O. The van der Waals surface area contributed by atoms with Crippen LogP contribution in [0.4, 0.5) is 0 Å². The van der Waals surface area contributed by atoms with E-state index in [1.54, 1.807) is 7.11 Å². The van der Waals surface area contributed by atoms with Crippen LogP contribution in [0.5, 0.6) is 0 Å². The minimum Gasteiger partial charge on any atom is -0.413 e. The molecular formula is C29H51NO5Si2. The molecule has 0 aromatic heterocycles. The van der Waals surface area contributed by atoms with Crippen molar-refractivity contribution in [1.29, 1.82) is 0 Å². The Labute approximate surface area is 227 Å². The first kappa shape index (κ1) is 30.7. The summed E-state index contributed by atoms with van der Waals surface area (Å²) < 4.78 is 12.6. The predicted octanol–water partition coefficient (Wildman–Crippen LogP) is 4.53. The third-order valence-corrected chi connectivity index (χ3v) is 14.9. The molecule has 1 N–H and O–H groups in total. The summed E-state index contributed by atoms with van der Waals surface area (Å²) in [6.45, 7) is 22.1. The molecule has 0 aromatic carbocycles. The van der Waals surface area contributed by atoms with E-state index in [0.717, 1.165) is 19.4 Å². The van der Waals surface area contributed by atoms with Crippen molar-refractivity contribution < 1.29 is 23.9 Å². The van der Waals surface area contributed by atoms with Crippen LogP contribution < -0.4 is 0 Å². The van der Waals surface area contributed by atoms with Gasteiger partial charge in [0.05, 0.1) is 24.0 Å². The fourth-order valence-electron chi connectivity index (χ4n) is 6.80. The number of aliphatic hydroxyl groups is 1. The third kappa shape index (κ3) is 5.87. The van der Waals surface area contributed by atoms with E-state index in [2.05, 4.69) is 76.8 Å². The van der Waals surface area contributed by atoms with Gasteiger partial charge >= 0.3 is 0 Å². The number of aliphatic hydroxyl groups excluding tert-OH is 1. The molecule has 0 spiro atoms. The Bertz CT molecular complexity index is 939. The van der Waals surface area contributed by atoms with Crippen molar-refractivity contribution >= 4 is 28.0 Å². The first-order valence-corrected chi connectivity index (χ1v) is 20.5. The molecule has 6 nitrogen and oxygen atoms in total. The highest BCUT2D eigenvalue weighted by Crippen LogP contribution is 2.58. The fraction of sp³-hybridized carbons (Fsp3) is 0.862. The maximum absolute atomic E-state index is 14.6. The zero-order valence-corrected chi connectivity index (χ0v) is 27.0. The van der Waals surface area contributed by atoms with E-state index in [1.165, 1.54) is 0 Å². The van der Waals surface area contributed by atoms with Crippen LogP contribution in [-0.2, 0) is 18.8 Å². The van der Waals surface area contributed by atoms with Gasteiger partial charge in [0.2, 0.25) is 0 Å². The average Bonchev–Trinajstić information content (AvgIpc) is 3.07. The number of nitrogens with zero attached hydrogens (tertiary/aromatic N) is 1. The van der Waals surface area contributed by atoms with Crippen molar-refractivity contribution in [2.45, 2.75) is 103 Å². The molecular weight excluding hydrogens is 498 g/mol. The second-order valence-corrected chi connectivity index (χ2v) is 24.0. The summed E-state index contributed by atoms with van der Waals surface area (Å²) in [6, 6.07) is 0. The van der Waals surface area contributed by atoms with Gasteiger partial charge in [-0.25, -0.2) is 0 Å². The molecule has 0 radical (unpaired) electrons. The van der Waals surface area contributed by atoms with Gasteiger partial charge in [-0.2, -0.15) is 0 Å². The van der Waals surface area contributed by atoms with Crippen LogP contribution in [0.3, 0.4) is 0 Å². The van der Waals surface area contributed by atoms with Crippen LogP contribution in [0.25, 0.3) is 0 Å². The molecule has 0 aromatic rings. The lowest BCUT2D eigenvalue weighted by molar-refractivity contribution is -0.173. The first-order valence-electron chi connectivity index (χ1n) is 14.1. The van der Waals surface area contributed by atoms with Crippen molar-refractivity contribution in [1.82, 2.24) is 4.90 Å². The lowest BCUT2D eigenvalue weighted by Gasteiger charge is -2.58. The van der Waals surface area contributed by atoms with Gasteiger partial charge in [0, 0.05) is 38.0 Å². The normalized spacial score (nSPS) is 34.3. The lowest BCUT2D eigenvalue weighted by atomic mass is 9.51. The van der Waals surface area contributed by atoms with Gasteiger partial charge in [-0.3, -0.25) is 9.59 Å². The Morgan fingerprint density at radius 2 is 1.78 bits per heavy atom. The van der Waals surface area contributed by atoms with E-state index in [1.807, 2.05) is 0 Å². The van der Waals surface area contributed by atoms with Gasteiger partial charge in [0.15, 0.2) is 8.32 Å². The Hall–Kier alpha value is -0.826. The summed E-state index contributed by atoms with van der Waals surface area (Å²) in [5.74, 6) is 2.18. The molecule has 8 heteroatoms. The quantitative estimate of drug-likeness (QED) is 0.371. The topological polar surface area (TPSA) is 76.1 Å². The monoisotopic (exact) mass is 549 g/mol. The van der Waals surface area contributed by atoms with Crippen LogP contribution >= 0.6 is 0 Å². The largest absolute Gasteiger partial charge is 0.413 e. The maximum Gasteiger partial charge on any atom is 0.192 e. The molecule has 0 amide bonds. The number of methoxy groups -OCH3 is 1. The van der Waals surface area contributed by atoms with Gasteiger partial charge in [0.1, 0.15) is 25.7 Å². The number of hydrogen-bond donors (Lipinski definition) is 1. The summed E-state index contributed by atoms with van der Waals surface area (Å²) in [5, 5.41) is 11.4. The minimum absolute atomic E-state index is 0.00945. The Morgan fingerprint density at radius 3 is 2.32 bits per heavy atom. The molecule has 6 atom stereocenters. The number of ketones is 2. The van der Waals surface area contributed by atoms with Crippen LogP contribution in [0.15, 0.2) is 0 Å². The highest BCUT2D eigenvalue weighted by molar-refractivity contribution is 6.83. The zero-order chi connectivity index (χ0) is 28.0. The molecule has 3 aliphatic rings. The van der Waals surface area contributed by atoms with E-state index in [4.69, 9.17) is 9.16 Å². The van der Waals surface area contributed by atoms with Crippen molar-refractivity contribution in [3.8, 4) is 11.5 Å². The second kappa shape index (κ2) is 10.6. The van der Waals surface area contributed by atoms with Gasteiger partial charge in [-0.05, 0) is 37.5 Å². The highest BCUT2D eigenvalue weighted by atomic mass is 28.4. The molecule has 1 saturated heterocycles. The van der Waals surface area contributed by atoms with E-state index in [9.17, 15) is 14.7 Å². The number of likely N-dealkylation sites (tertiary alicyclic amines) is 1. The molecule has 2 saturated carbocycles. The number of fused-ring (bicyclic) bond motifs is 2. The van der Waals surface area contributed by atoms with Gasteiger partial charge < -0.3 is 19.2 Å². The number of rotatable bonds is 7. The number of hydrogen-bond acceptors (Lipinski definition) is 6. The van der Waals surface area contributed by atoms with E-state index >= 15 is 0 Å². The summed E-state index contributed by atoms with van der Waals surface area (Å²) in [6.07, 6.45) is 1.19. The van der Waals surface area contributed by atoms with Crippen LogP contribution in [-0.4, -0.2) is 83.5 Å². The first-order chi connectivity index (χ1) is 16.9. The number of Topliss-reactive ketones (excluding diaryl/α,β-unsaturated/α-hetero) is 2. The number of carbonyl (C=O) groups is 2. The fourth-order valence-corrected chi connectivity index (χ4v) is 8.73. The molecule has 1 unspecified atom stereocenters. The second-order valence-electron chi connectivity index (χ2n) is 14.5. The highest BCUT2D eigenvalue weighted by Gasteiger charge is 2.66. The molecule has 210 valence electrons. The van der Waals surface area contributed by atoms with E-state index < -0.39 is 45.2 Å². The Balaban J connectivity index is 2.17. The smallest absolute Gasteiger partial charge is 0.192 e. The summed E-state index contributed by atoms with van der Waals surface area (Å²) in [4.78, 5) is 30.7. The molecule has 3 fully saturated rings. The Morgan fingerprint density at radius 1 is 1.14 bits per heavy atom. The zero-order valence-electron chi connectivity index (χ0n) is 25.0. The Kier molecular flexibility index (Phi) is 8.82. The minimum atomic E-state index is -2.26. The molecule has 2 bridgehead atoms. The standard InChI is InChI=1S/C29H51NO5Si2/c1-11-30-18-28(20-34-5)14-12-15-29(19-30,26(28)33)25-23(35-37(9,10)27(2,3)4)17-22(32)24(25)21(31)13-16-36(6,7)8/h21,23-25,31H,11-12,14-15,17-20H2,1-10H3/t21-,23+,24-,25-,28?,29-/m1/s1. The average molecular weight is 550 g/mol. The van der Waals surface area contributed by atoms with E-state index in [0.29, 0.717) is 26.1 Å². The van der Waals surface area contributed by atoms with Crippen molar-refractivity contribution in [3.63, 3.8) is 0 Å². The van der Waals surface area contributed by atoms with Gasteiger partial charge in [-0.1, -0.05) is 59.7 Å². The summed E-state index contributed by atoms with van der Waals surface area (Å²) >= 11 is 0. The van der Waals surface area contributed by atoms with Crippen LogP contribution in [0.2, 0.25) is 37.8 Å². The van der Waals surface area contributed by atoms with Crippen molar-refractivity contribution in [3.05, 3.63) is 0 Å². The van der Waals surface area contributed by atoms with Crippen LogP contribution in [0.1, 0.15) is 53.4 Å². The van der Waals surface area contributed by atoms with E-state index in [-0.39, 0.29) is 29.1 Å². The summed E-state index contributed by atoms with van der Waals surface area (Å²) in [7, 11) is -2.35.